The van der Waals surface area contributed by atoms with E-state index in [4.69, 9.17) is 9.78 Å². The molecule has 0 aliphatic heterocycles. The summed E-state index contributed by atoms with van der Waals surface area (Å²) < 4.78 is 4.97. The van der Waals surface area contributed by atoms with Crippen LogP contribution in [0.5, 0.6) is 0 Å². The van der Waals surface area contributed by atoms with E-state index in [9.17, 15) is 0 Å². The topological polar surface area (TPSA) is 74.7 Å². The summed E-state index contributed by atoms with van der Waals surface area (Å²) in [5.74, 6) is 1.18. The van der Waals surface area contributed by atoms with Crippen LogP contribution in [0.2, 0.25) is 0 Å². The first-order chi connectivity index (χ1) is 8.29. The highest BCUT2D eigenvalue weighted by Gasteiger charge is 2.03. The van der Waals surface area contributed by atoms with Crippen molar-refractivity contribution in [2.24, 2.45) is 0 Å². The second-order valence-electron chi connectivity index (χ2n) is 3.61. The zero-order chi connectivity index (χ0) is 12.1. The van der Waals surface area contributed by atoms with Crippen molar-refractivity contribution in [3.05, 3.63) is 47.1 Å². The first-order valence-corrected chi connectivity index (χ1v) is 5.27. The van der Waals surface area contributed by atoms with E-state index in [0.29, 0.717) is 30.4 Å². The lowest BCUT2D eigenvalue weighted by Gasteiger charge is -2.03. The average molecular weight is 228 g/mol. The SMILES string of the molecule is Cc1noc(CNCc2ccccc2C#N)n1. The van der Waals surface area contributed by atoms with E-state index in [0.717, 1.165) is 5.56 Å². The fourth-order valence-corrected chi connectivity index (χ4v) is 1.50. The summed E-state index contributed by atoms with van der Waals surface area (Å²) >= 11 is 0. The smallest absolute Gasteiger partial charge is 0.240 e. The molecule has 0 aliphatic carbocycles. The van der Waals surface area contributed by atoms with Gasteiger partial charge in [0.1, 0.15) is 0 Å². The zero-order valence-corrected chi connectivity index (χ0v) is 9.47. The van der Waals surface area contributed by atoms with Gasteiger partial charge in [-0.15, -0.1) is 0 Å². The maximum Gasteiger partial charge on any atom is 0.240 e. The fourth-order valence-electron chi connectivity index (χ4n) is 1.50. The van der Waals surface area contributed by atoms with Gasteiger partial charge in [0, 0.05) is 6.54 Å². The summed E-state index contributed by atoms with van der Waals surface area (Å²) in [6.45, 7) is 2.88. The van der Waals surface area contributed by atoms with E-state index in [-0.39, 0.29) is 0 Å². The highest BCUT2D eigenvalue weighted by molar-refractivity contribution is 5.37. The van der Waals surface area contributed by atoms with Gasteiger partial charge in [0.2, 0.25) is 5.89 Å². The molecular formula is C12H12N4O. The van der Waals surface area contributed by atoms with Crippen LogP contribution < -0.4 is 5.32 Å². The summed E-state index contributed by atoms with van der Waals surface area (Å²) in [6.07, 6.45) is 0. The number of rotatable bonds is 4. The molecule has 1 heterocycles. The molecule has 0 amide bonds. The number of nitriles is 1. The van der Waals surface area contributed by atoms with E-state index in [2.05, 4.69) is 21.5 Å². The van der Waals surface area contributed by atoms with Crippen LogP contribution in [0.1, 0.15) is 22.8 Å². The van der Waals surface area contributed by atoms with Crippen LogP contribution in [-0.4, -0.2) is 10.1 Å². The number of aryl methyl sites for hydroxylation is 1. The normalized spacial score (nSPS) is 10.1. The molecule has 0 aliphatic rings. The first-order valence-electron chi connectivity index (χ1n) is 5.27. The monoisotopic (exact) mass is 228 g/mol. The van der Waals surface area contributed by atoms with Crippen molar-refractivity contribution in [2.45, 2.75) is 20.0 Å². The summed E-state index contributed by atoms with van der Waals surface area (Å²) in [5, 5.41) is 15.8. The van der Waals surface area contributed by atoms with E-state index >= 15 is 0 Å². The van der Waals surface area contributed by atoms with Gasteiger partial charge in [-0.1, -0.05) is 23.4 Å². The van der Waals surface area contributed by atoms with Crippen LogP contribution in [0, 0.1) is 18.3 Å². The molecule has 86 valence electrons. The lowest BCUT2D eigenvalue weighted by atomic mass is 10.1. The quantitative estimate of drug-likeness (QED) is 0.859. The molecule has 17 heavy (non-hydrogen) atoms. The molecule has 0 fully saturated rings. The van der Waals surface area contributed by atoms with Gasteiger partial charge in [0.05, 0.1) is 18.2 Å². The standard InChI is InChI=1S/C12H12N4O/c1-9-15-12(17-16-9)8-14-7-11-5-3-2-4-10(11)6-13/h2-5,14H,7-8H2,1H3. The number of aromatic nitrogens is 2. The third kappa shape index (κ3) is 2.89. The van der Waals surface area contributed by atoms with Crippen molar-refractivity contribution >= 4 is 0 Å². The molecule has 2 aromatic rings. The predicted octanol–water partition coefficient (Wildman–Crippen LogP) is 1.54. The molecule has 2 rings (SSSR count). The second kappa shape index (κ2) is 5.23. The Balaban J connectivity index is 1.92. The second-order valence-corrected chi connectivity index (χ2v) is 3.61. The molecule has 5 heteroatoms. The first kappa shape index (κ1) is 11.3. The Labute approximate surface area is 99.1 Å². The summed E-state index contributed by atoms with van der Waals surface area (Å²) in [6, 6.07) is 9.64. The molecular weight excluding hydrogens is 216 g/mol. The molecule has 1 N–H and O–H groups in total. The minimum absolute atomic E-state index is 0.501. The maximum atomic E-state index is 8.92. The van der Waals surface area contributed by atoms with Crippen molar-refractivity contribution in [1.82, 2.24) is 15.5 Å². The maximum absolute atomic E-state index is 8.92. The van der Waals surface area contributed by atoms with Crippen LogP contribution in [0.3, 0.4) is 0 Å². The van der Waals surface area contributed by atoms with Gasteiger partial charge in [0.15, 0.2) is 5.82 Å². The lowest BCUT2D eigenvalue weighted by molar-refractivity contribution is 0.364. The number of benzene rings is 1. The zero-order valence-electron chi connectivity index (χ0n) is 9.47. The number of nitrogens with one attached hydrogen (secondary N) is 1. The molecule has 0 unspecified atom stereocenters. The van der Waals surface area contributed by atoms with Crippen LogP contribution in [-0.2, 0) is 13.1 Å². The Morgan fingerprint density at radius 1 is 1.35 bits per heavy atom. The number of hydrogen-bond acceptors (Lipinski definition) is 5. The highest BCUT2D eigenvalue weighted by atomic mass is 16.5. The van der Waals surface area contributed by atoms with E-state index in [1.807, 2.05) is 18.2 Å². The van der Waals surface area contributed by atoms with Crippen LogP contribution in [0.25, 0.3) is 0 Å². The molecule has 5 nitrogen and oxygen atoms in total. The predicted molar refractivity (Wildman–Crippen MR) is 60.7 cm³/mol. The van der Waals surface area contributed by atoms with Crippen LogP contribution >= 0.6 is 0 Å². The van der Waals surface area contributed by atoms with Gasteiger partial charge in [-0.3, -0.25) is 0 Å². The molecule has 1 aromatic heterocycles. The van der Waals surface area contributed by atoms with E-state index in [1.165, 1.54) is 0 Å². The van der Waals surface area contributed by atoms with Gasteiger partial charge in [-0.25, -0.2) is 0 Å². The minimum Gasteiger partial charge on any atom is -0.338 e. The van der Waals surface area contributed by atoms with Crippen LogP contribution in [0.15, 0.2) is 28.8 Å². The van der Waals surface area contributed by atoms with Crippen molar-refractivity contribution in [1.29, 1.82) is 5.26 Å². The summed E-state index contributed by atoms with van der Waals surface area (Å²) in [4.78, 5) is 4.08. The molecule has 0 saturated carbocycles. The Morgan fingerprint density at radius 3 is 2.88 bits per heavy atom. The Bertz CT molecular complexity index is 541. The molecule has 0 radical (unpaired) electrons. The van der Waals surface area contributed by atoms with Crippen molar-refractivity contribution in [2.75, 3.05) is 0 Å². The van der Waals surface area contributed by atoms with Crippen molar-refractivity contribution in [3.8, 4) is 6.07 Å². The number of hydrogen-bond donors (Lipinski definition) is 1. The molecule has 0 saturated heterocycles. The molecule has 0 atom stereocenters. The third-order valence-electron chi connectivity index (χ3n) is 2.30. The van der Waals surface area contributed by atoms with Gasteiger partial charge in [0.25, 0.3) is 0 Å². The van der Waals surface area contributed by atoms with Crippen molar-refractivity contribution in [3.63, 3.8) is 0 Å². The minimum atomic E-state index is 0.501. The lowest BCUT2D eigenvalue weighted by Crippen LogP contribution is -2.13. The van der Waals surface area contributed by atoms with Gasteiger partial charge in [-0.2, -0.15) is 10.2 Å². The average Bonchev–Trinajstić information content (AvgIpc) is 2.76. The van der Waals surface area contributed by atoms with E-state index < -0.39 is 0 Å². The Morgan fingerprint density at radius 2 is 2.18 bits per heavy atom. The van der Waals surface area contributed by atoms with Gasteiger partial charge >= 0.3 is 0 Å². The largest absolute Gasteiger partial charge is 0.338 e. The number of nitrogens with zero attached hydrogens (tertiary/aromatic N) is 3. The van der Waals surface area contributed by atoms with Crippen molar-refractivity contribution < 1.29 is 4.52 Å². The molecule has 0 bridgehead atoms. The Hall–Kier alpha value is -2.19. The van der Waals surface area contributed by atoms with Gasteiger partial charge in [-0.05, 0) is 18.6 Å². The molecule has 1 aromatic carbocycles. The summed E-state index contributed by atoms with van der Waals surface area (Å²) in [7, 11) is 0. The molecule has 0 spiro atoms. The fraction of sp³-hybridized carbons (Fsp3) is 0.250. The Kier molecular flexibility index (Phi) is 3.48. The van der Waals surface area contributed by atoms with Gasteiger partial charge < -0.3 is 9.84 Å². The van der Waals surface area contributed by atoms with Crippen LogP contribution in [0.4, 0.5) is 0 Å². The third-order valence-corrected chi connectivity index (χ3v) is 2.30. The summed E-state index contributed by atoms with van der Waals surface area (Å²) in [5.41, 5.74) is 1.65. The van der Waals surface area contributed by atoms with E-state index in [1.54, 1.807) is 13.0 Å². The highest BCUT2D eigenvalue weighted by Crippen LogP contribution is 2.07.